The fourth-order valence-corrected chi connectivity index (χ4v) is 5.93. The predicted octanol–water partition coefficient (Wildman–Crippen LogP) is -0.933. The molecule has 0 heterocycles. The van der Waals surface area contributed by atoms with Gasteiger partial charge in [0.25, 0.3) is 0 Å². The Labute approximate surface area is 351 Å². The van der Waals surface area contributed by atoms with Gasteiger partial charge in [0.15, 0.2) is 0 Å². The molecule has 20 heteroatoms. The fourth-order valence-electron chi connectivity index (χ4n) is 5.93. The van der Waals surface area contributed by atoms with Crippen LogP contribution in [0.25, 0.3) is 0 Å². The van der Waals surface area contributed by atoms with Crippen molar-refractivity contribution in [2.75, 3.05) is 0 Å². The highest BCUT2D eigenvalue weighted by Gasteiger charge is 2.36. The molecule has 0 saturated carbocycles. The Morgan fingerprint density at radius 3 is 1.38 bits per heavy atom. The standard InChI is InChI=1S/C41H54N6O14/c1-21(2)16-28(45-40(59)34(24(5)49)47-36(55)27(23(4)48)17-25-12-8-6-9-13-25)38(57)44-29(19-32(50)51)37(56)42-22(3)35(54)43-30(20-33(52)53)39(58)46-31(41(60)61)18-26-14-10-7-11-15-26/h6-15,21-22,24,27-31,34,49H,16-20H2,1-5H3,(H,42,56)(H,43,54)(H,44,57)(H,45,59)(H,46,58)(H,47,55)(H,50,51)(H,52,53)(H,60,61)/t22-,24-,27-,28-,29-,30-,31-,34-/m0/s1. The van der Waals surface area contributed by atoms with Gasteiger partial charge in [0.05, 0.1) is 18.9 Å². The first-order valence-electron chi connectivity index (χ1n) is 19.3. The quantitative estimate of drug-likeness (QED) is 0.0540. The molecule has 2 aromatic carbocycles. The summed E-state index contributed by atoms with van der Waals surface area (Å²) >= 11 is 0. The molecule has 0 fully saturated rings. The molecule has 0 aromatic heterocycles. The maximum Gasteiger partial charge on any atom is 0.326 e. The van der Waals surface area contributed by atoms with Crippen LogP contribution in [-0.4, -0.2) is 122 Å². The molecule has 0 bridgehead atoms. The van der Waals surface area contributed by atoms with Crippen molar-refractivity contribution in [2.24, 2.45) is 11.8 Å². The van der Waals surface area contributed by atoms with Gasteiger partial charge in [0, 0.05) is 6.42 Å². The van der Waals surface area contributed by atoms with Gasteiger partial charge in [-0.3, -0.25) is 43.2 Å². The van der Waals surface area contributed by atoms with Gasteiger partial charge >= 0.3 is 17.9 Å². The molecule has 2 rings (SSSR count). The summed E-state index contributed by atoms with van der Waals surface area (Å²) in [4.78, 5) is 128. The van der Waals surface area contributed by atoms with Gasteiger partial charge in [0.1, 0.15) is 48.0 Å². The lowest BCUT2D eigenvalue weighted by molar-refractivity contribution is -0.143. The van der Waals surface area contributed by atoms with Gasteiger partial charge in [-0.15, -0.1) is 0 Å². The molecular formula is C41H54N6O14. The second kappa shape index (κ2) is 24.4. The van der Waals surface area contributed by atoms with E-state index in [1.807, 2.05) is 0 Å². The number of carboxylic acid groups (broad SMARTS) is 3. The molecule has 332 valence electrons. The van der Waals surface area contributed by atoms with E-state index in [4.69, 9.17) is 0 Å². The summed E-state index contributed by atoms with van der Waals surface area (Å²) in [6.07, 6.45) is -3.78. The van der Waals surface area contributed by atoms with Crippen molar-refractivity contribution in [1.82, 2.24) is 31.9 Å². The number of rotatable bonds is 25. The van der Waals surface area contributed by atoms with E-state index in [9.17, 15) is 68.4 Å². The maximum atomic E-state index is 13.6. The van der Waals surface area contributed by atoms with Crippen molar-refractivity contribution < 1.29 is 68.4 Å². The minimum atomic E-state index is -1.86. The Morgan fingerprint density at radius 2 is 0.934 bits per heavy atom. The zero-order chi connectivity index (χ0) is 46.0. The number of hydrogen-bond acceptors (Lipinski definition) is 11. The highest BCUT2D eigenvalue weighted by Crippen LogP contribution is 2.13. The van der Waals surface area contributed by atoms with Crippen LogP contribution in [0.3, 0.4) is 0 Å². The van der Waals surface area contributed by atoms with Crippen LogP contribution in [0.1, 0.15) is 65.0 Å². The lowest BCUT2D eigenvalue weighted by Gasteiger charge is -2.28. The van der Waals surface area contributed by atoms with E-state index < -0.39 is 120 Å². The van der Waals surface area contributed by atoms with E-state index in [1.165, 1.54) is 13.8 Å². The second-order valence-electron chi connectivity index (χ2n) is 14.9. The monoisotopic (exact) mass is 854 g/mol. The molecule has 10 N–H and O–H groups in total. The van der Waals surface area contributed by atoms with E-state index in [2.05, 4.69) is 31.9 Å². The average molecular weight is 855 g/mol. The first kappa shape index (κ1) is 50.4. The van der Waals surface area contributed by atoms with E-state index >= 15 is 0 Å². The third kappa shape index (κ3) is 17.6. The molecule has 0 aliphatic carbocycles. The van der Waals surface area contributed by atoms with Crippen molar-refractivity contribution in [2.45, 2.75) is 109 Å². The smallest absolute Gasteiger partial charge is 0.326 e. The highest BCUT2D eigenvalue weighted by atomic mass is 16.4. The molecule has 0 saturated heterocycles. The number of carbonyl (C=O) groups is 10. The number of amides is 6. The molecule has 61 heavy (non-hydrogen) atoms. The van der Waals surface area contributed by atoms with Crippen LogP contribution in [0.4, 0.5) is 0 Å². The van der Waals surface area contributed by atoms with Gasteiger partial charge in [-0.25, -0.2) is 4.79 Å². The van der Waals surface area contributed by atoms with Crippen molar-refractivity contribution in [3.05, 3.63) is 71.8 Å². The van der Waals surface area contributed by atoms with Crippen LogP contribution in [0.5, 0.6) is 0 Å². The van der Waals surface area contributed by atoms with E-state index in [1.54, 1.807) is 74.5 Å². The Kier molecular flexibility index (Phi) is 20.2. The Morgan fingerprint density at radius 1 is 0.508 bits per heavy atom. The van der Waals surface area contributed by atoms with Gasteiger partial charge in [-0.05, 0) is 50.7 Å². The van der Waals surface area contributed by atoms with E-state index in [0.717, 1.165) is 6.92 Å². The Balaban J connectivity index is 2.20. The summed E-state index contributed by atoms with van der Waals surface area (Å²) in [5.41, 5.74) is 1.20. The number of hydrogen-bond donors (Lipinski definition) is 10. The third-order valence-electron chi connectivity index (χ3n) is 9.17. The average Bonchev–Trinajstić information content (AvgIpc) is 3.17. The molecule has 0 radical (unpaired) electrons. The van der Waals surface area contributed by atoms with Crippen LogP contribution in [-0.2, 0) is 60.8 Å². The van der Waals surface area contributed by atoms with E-state index in [-0.39, 0.29) is 25.2 Å². The molecule has 8 atom stereocenters. The topological polar surface area (TPSA) is 324 Å². The SMILES string of the molecule is CC(=O)[C@H](Cc1ccccc1)C(=O)N[C@H](C(=O)N[C@@H](CC(C)C)C(=O)N[C@@H](CC(=O)O)C(=O)N[C@@H](C)C(=O)N[C@@H](CC(=O)O)C(=O)N[C@@H](Cc1ccccc1)C(=O)O)[C@H](C)O. The van der Waals surface area contributed by atoms with Gasteiger partial charge in [-0.2, -0.15) is 0 Å². The van der Waals surface area contributed by atoms with Crippen LogP contribution >= 0.6 is 0 Å². The third-order valence-corrected chi connectivity index (χ3v) is 9.17. The predicted molar refractivity (Wildman–Crippen MR) is 215 cm³/mol. The second-order valence-corrected chi connectivity index (χ2v) is 14.9. The number of benzene rings is 2. The van der Waals surface area contributed by atoms with Gasteiger partial charge in [0.2, 0.25) is 35.4 Å². The largest absolute Gasteiger partial charge is 0.481 e. The molecule has 20 nitrogen and oxygen atoms in total. The number of aliphatic hydroxyl groups is 1. The summed E-state index contributed by atoms with van der Waals surface area (Å²) in [5, 5.41) is 52.7. The molecule has 0 aliphatic heterocycles. The first-order chi connectivity index (χ1) is 28.6. The lowest BCUT2D eigenvalue weighted by Crippen LogP contribution is -2.60. The van der Waals surface area contributed by atoms with E-state index in [0.29, 0.717) is 11.1 Å². The first-order valence-corrected chi connectivity index (χ1v) is 19.3. The number of Topliss-reactive ketones (excluding diaryl/α,β-unsaturated/α-hetero) is 1. The van der Waals surface area contributed by atoms with Crippen LogP contribution in [0, 0.1) is 11.8 Å². The Hall–Kier alpha value is -6.70. The molecule has 0 unspecified atom stereocenters. The lowest BCUT2D eigenvalue weighted by atomic mass is 9.94. The summed E-state index contributed by atoms with van der Waals surface area (Å²) in [6, 6.07) is 6.92. The van der Waals surface area contributed by atoms with Crippen molar-refractivity contribution in [3.8, 4) is 0 Å². The van der Waals surface area contributed by atoms with Crippen LogP contribution < -0.4 is 31.9 Å². The molecule has 0 spiro atoms. The van der Waals surface area contributed by atoms with Gasteiger partial charge < -0.3 is 52.3 Å². The van der Waals surface area contributed by atoms with Crippen LogP contribution in [0.15, 0.2) is 60.7 Å². The normalized spacial score (nSPS) is 14.9. The summed E-state index contributed by atoms with van der Waals surface area (Å²) in [5.74, 6) is -13.0. The fraction of sp³-hybridized carbons (Fsp3) is 0.463. The molecule has 6 amide bonds. The molecular weight excluding hydrogens is 800 g/mol. The number of carbonyl (C=O) groups excluding carboxylic acids is 7. The van der Waals surface area contributed by atoms with Crippen LogP contribution in [0.2, 0.25) is 0 Å². The summed E-state index contributed by atoms with van der Waals surface area (Å²) in [7, 11) is 0. The summed E-state index contributed by atoms with van der Waals surface area (Å²) in [6.45, 7) is 6.88. The van der Waals surface area contributed by atoms with Crippen molar-refractivity contribution in [1.29, 1.82) is 0 Å². The molecule has 2 aromatic rings. The van der Waals surface area contributed by atoms with Crippen molar-refractivity contribution >= 4 is 59.1 Å². The summed E-state index contributed by atoms with van der Waals surface area (Å²) < 4.78 is 0. The molecule has 0 aliphatic rings. The van der Waals surface area contributed by atoms with Gasteiger partial charge in [-0.1, -0.05) is 74.5 Å². The number of ketones is 1. The minimum absolute atomic E-state index is 0.00247. The number of aliphatic carboxylic acids is 3. The zero-order valence-corrected chi connectivity index (χ0v) is 34.4. The maximum absolute atomic E-state index is 13.6. The van der Waals surface area contributed by atoms with Crippen molar-refractivity contribution in [3.63, 3.8) is 0 Å². The number of carboxylic acids is 3. The highest BCUT2D eigenvalue weighted by molar-refractivity contribution is 6.03. The zero-order valence-electron chi connectivity index (χ0n) is 34.4. The minimum Gasteiger partial charge on any atom is -0.481 e. The Bertz CT molecular complexity index is 1890. The number of aliphatic hydroxyl groups excluding tert-OH is 1. The number of nitrogens with one attached hydrogen (secondary N) is 6.